The first kappa shape index (κ1) is 36.8. The van der Waals surface area contributed by atoms with E-state index in [1.807, 2.05) is 23.3 Å². The topological polar surface area (TPSA) is 129 Å². The fourth-order valence-electron chi connectivity index (χ4n) is 5.72. The van der Waals surface area contributed by atoms with Crippen LogP contribution in [0.3, 0.4) is 0 Å². The minimum absolute atomic E-state index is 0.389. The fraction of sp³-hybridized carbons (Fsp3) is 0.316. The van der Waals surface area contributed by atoms with Crippen molar-refractivity contribution in [2.45, 2.75) is 70.4 Å². The molecule has 0 spiro atoms. The lowest BCUT2D eigenvalue weighted by Crippen LogP contribution is -2.22. The highest BCUT2D eigenvalue weighted by atomic mass is 32.2. The van der Waals surface area contributed by atoms with Crippen molar-refractivity contribution in [1.29, 1.82) is 10.5 Å². The maximum Gasteiger partial charge on any atom is 0.189 e. The molecule has 0 amide bonds. The van der Waals surface area contributed by atoms with E-state index in [0.29, 0.717) is 33.8 Å². The molecule has 0 saturated carbocycles. The van der Waals surface area contributed by atoms with Crippen molar-refractivity contribution in [3.63, 3.8) is 0 Å². The van der Waals surface area contributed by atoms with Crippen LogP contribution >= 0.6 is 23.5 Å². The van der Waals surface area contributed by atoms with E-state index in [1.54, 1.807) is 6.20 Å². The first-order valence-electron chi connectivity index (χ1n) is 16.3. The lowest BCUT2D eigenvalue weighted by atomic mass is 10.00. The molecule has 0 radical (unpaired) electrons. The van der Waals surface area contributed by atoms with Gasteiger partial charge < -0.3 is 14.3 Å². The Morgan fingerprint density at radius 3 is 1.86 bits per heavy atom. The van der Waals surface area contributed by atoms with Gasteiger partial charge in [0.05, 0.1) is 33.3 Å². The summed E-state index contributed by atoms with van der Waals surface area (Å²) in [4.78, 5) is 21.6. The van der Waals surface area contributed by atoms with Crippen molar-refractivity contribution in [1.82, 2.24) is 29.5 Å². The van der Waals surface area contributed by atoms with Crippen LogP contribution in [0.5, 0.6) is 0 Å². The Hall–Kier alpha value is -4.46. The molecule has 50 heavy (non-hydrogen) atoms. The molecule has 4 aromatic heterocycles. The molecule has 6 aromatic rings. The summed E-state index contributed by atoms with van der Waals surface area (Å²) < 4.78 is 7.88. The molecule has 1 N–H and O–H groups in total. The molecule has 2 aromatic carbocycles. The second-order valence-electron chi connectivity index (χ2n) is 13.5. The predicted octanol–water partition coefficient (Wildman–Crippen LogP) is 9.46. The van der Waals surface area contributed by atoms with Crippen LogP contribution in [-0.4, -0.2) is 56.7 Å². The first-order valence-corrected chi connectivity index (χ1v) is 22.4. The lowest BCUT2D eigenvalue weighted by Gasteiger charge is -2.15. The van der Waals surface area contributed by atoms with Crippen LogP contribution in [0.15, 0.2) is 59.1 Å². The van der Waals surface area contributed by atoms with Gasteiger partial charge in [0.2, 0.25) is 0 Å². The van der Waals surface area contributed by atoms with Gasteiger partial charge in [0.15, 0.2) is 10.3 Å². The second-order valence-corrected chi connectivity index (χ2v) is 20.6. The quantitative estimate of drug-likeness (QED) is 0.0673. The summed E-state index contributed by atoms with van der Waals surface area (Å²) >= 11 is 3.00. The zero-order valence-corrected chi connectivity index (χ0v) is 32.7. The number of aryl methyl sites for hydroxylation is 4. The Kier molecular flexibility index (Phi) is 11.5. The van der Waals surface area contributed by atoms with Gasteiger partial charge in [0.1, 0.15) is 30.2 Å². The predicted molar refractivity (Wildman–Crippen MR) is 208 cm³/mol. The number of hydrogen-bond acceptors (Lipinski definition) is 9. The molecular weight excluding hydrogens is 677 g/mol. The average Bonchev–Trinajstić information content (AvgIpc) is 3.67. The summed E-state index contributed by atoms with van der Waals surface area (Å²) in [7, 11) is -1.15. The number of aromatic amines is 1. The number of thioether (sulfide) groups is 2. The Balaban J connectivity index is 0.000000204. The molecule has 12 heteroatoms. The van der Waals surface area contributed by atoms with Crippen LogP contribution in [0.25, 0.3) is 44.6 Å². The maximum absolute atomic E-state index is 9.78. The number of nitrogens with zero attached hydrogens (tertiary/aromatic N) is 7. The van der Waals surface area contributed by atoms with E-state index < -0.39 is 8.07 Å². The maximum atomic E-state index is 9.78. The van der Waals surface area contributed by atoms with E-state index in [1.165, 1.54) is 34.7 Å². The molecule has 0 aliphatic heterocycles. The number of benzene rings is 2. The number of nitriles is 2. The van der Waals surface area contributed by atoms with Crippen LogP contribution < -0.4 is 0 Å². The van der Waals surface area contributed by atoms with E-state index in [9.17, 15) is 10.5 Å². The number of ether oxygens (including phenoxy) is 1. The number of hydrogen-bond donors (Lipinski definition) is 1. The van der Waals surface area contributed by atoms with Crippen molar-refractivity contribution in [3.8, 4) is 34.7 Å². The Labute approximate surface area is 303 Å². The molecule has 0 aliphatic carbocycles. The van der Waals surface area contributed by atoms with Crippen LogP contribution in [-0.2, 0) is 11.5 Å². The van der Waals surface area contributed by atoms with Crippen molar-refractivity contribution >= 4 is 53.7 Å². The zero-order valence-electron chi connectivity index (χ0n) is 30.1. The van der Waals surface area contributed by atoms with E-state index in [4.69, 9.17) is 14.7 Å². The highest BCUT2D eigenvalue weighted by Crippen LogP contribution is 2.35. The number of aromatic nitrogens is 6. The highest BCUT2D eigenvalue weighted by molar-refractivity contribution is 7.98. The van der Waals surface area contributed by atoms with Crippen LogP contribution in [0.2, 0.25) is 25.7 Å². The minimum Gasteiger partial charge on any atom is -0.361 e. The van der Waals surface area contributed by atoms with Crippen LogP contribution in [0.4, 0.5) is 0 Å². The van der Waals surface area contributed by atoms with E-state index in [-0.39, 0.29) is 0 Å². The van der Waals surface area contributed by atoms with Crippen molar-refractivity contribution in [2.75, 3.05) is 19.1 Å². The third-order valence-corrected chi connectivity index (χ3v) is 11.1. The number of nitrogens with one attached hydrogen (secondary N) is 1. The smallest absolute Gasteiger partial charge is 0.189 e. The summed E-state index contributed by atoms with van der Waals surface area (Å²) in [5.41, 5.74) is 11.0. The van der Waals surface area contributed by atoms with Crippen molar-refractivity contribution in [2.24, 2.45) is 0 Å². The fourth-order valence-corrected chi connectivity index (χ4v) is 7.20. The van der Waals surface area contributed by atoms with Crippen molar-refractivity contribution < 1.29 is 4.74 Å². The number of fused-ring (bicyclic) bond motifs is 2. The van der Waals surface area contributed by atoms with Gasteiger partial charge in [-0.25, -0.2) is 19.9 Å². The van der Waals surface area contributed by atoms with Gasteiger partial charge in [-0.3, -0.25) is 0 Å². The summed E-state index contributed by atoms with van der Waals surface area (Å²) in [6.45, 7) is 16.4. The van der Waals surface area contributed by atoms with Gasteiger partial charge in [-0.05, 0) is 57.4 Å². The zero-order chi connectivity index (χ0) is 36.2. The average molecular weight is 719 g/mol. The molecule has 6 rings (SSSR count). The van der Waals surface area contributed by atoms with Gasteiger partial charge in [-0.1, -0.05) is 90.7 Å². The molecule has 0 aliphatic rings. The molecule has 0 saturated heterocycles. The Morgan fingerprint density at radius 1 is 0.780 bits per heavy atom. The van der Waals surface area contributed by atoms with Crippen LogP contribution in [0.1, 0.15) is 33.4 Å². The summed E-state index contributed by atoms with van der Waals surface area (Å²) in [5, 5.41) is 22.1. The van der Waals surface area contributed by atoms with Gasteiger partial charge >= 0.3 is 0 Å². The van der Waals surface area contributed by atoms with Gasteiger partial charge in [0.25, 0.3) is 0 Å². The largest absolute Gasteiger partial charge is 0.361 e. The highest BCUT2D eigenvalue weighted by Gasteiger charge is 2.20. The van der Waals surface area contributed by atoms with E-state index in [2.05, 4.69) is 111 Å². The van der Waals surface area contributed by atoms with E-state index in [0.717, 1.165) is 62.7 Å². The molecule has 4 heterocycles. The lowest BCUT2D eigenvalue weighted by molar-refractivity contribution is 0.0898. The first-order chi connectivity index (χ1) is 23.9. The molecular formula is C38H42N8OS2Si. The minimum atomic E-state index is -1.15. The molecule has 0 atom stereocenters. The third kappa shape index (κ3) is 8.11. The summed E-state index contributed by atoms with van der Waals surface area (Å²) in [6.07, 6.45) is 7.44. The Morgan fingerprint density at radius 2 is 1.34 bits per heavy atom. The molecule has 0 bridgehead atoms. The third-order valence-electron chi connectivity index (χ3n) is 8.31. The van der Waals surface area contributed by atoms with Gasteiger partial charge in [-0.2, -0.15) is 10.5 Å². The van der Waals surface area contributed by atoms with Gasteiger partial charge in [0, 0.05) is 38.2 Å². The van der Waals surface area contributed by atoms with E-state index >= 15 is 0 Å². The summed E-state index contributed by atoms with van der Waals surface area (Å²) in [5.74, 6) is 0. The summed E-state index contributed by atoms with van der Waals surface area (Å²) in [6, 6.07) is 18.2. The number of H-pyrrole nitrogens is 1. The molecule has 0 unspecified atom stereocenters. The Bertz CT molecular complexity index is 2270. The SMILES string of the molecule is CSc1nc(-c2ccc(C)cc2C)c2c(C#N)c[nH]c2n1.CSc1nc(-c2ccc(C)cc2C)c2c(C#N)cn(COCC[Si](C)(C)C)c2n1. The normalized spacial score (nSPS) is 11.3. The molecule has 9 nitrogen and oxygen atoms in total. The molecule has 256 valence electrons. The molecule has 0 fully saturated rings. The standard InChI is InChI=1S/C22H28N4OSSi.C16H14N4S/c1-15-7-8-18(16(2)11-15)20-19-17(12-23)13-26(14-27-9-10-29(4,5)6)21(19)25-22(24-20)28-3;1-9-4-5-12(10(2)6-9)14-13-11(7-17)8-18-15(13)20-16(19-14)21-3/h7-8,11,13H,9-10,14H2,1-6H3;4-6,8H,1-3H3,(H,18,19,20). The van der Waals surface area contributed by atoms with Crippen LogP contribution in [0, 0.1) is 50.4 Å². The van der Waals surface area contributed by atoms with Crippen molar-refractivity contribution in [3.05, 3.63) is 82.2 Å². The monoisotopic (exact) mass is 718 g/mol. The number of rotatable bonds is 9. The second kappa shape index (κ2) is 15.6. The van der Waals surface area contributed by atoms with Gasteiger partial charge in [-0.15, -0.1) is 0 Å².